The van der Waals surface area contributed by atoms with Crippen LogP contribution in [0.1, 0.15) is 44.6 Å². The van der Waals surface area contributed by atoms with Crippen LogP contribution in [0.3, 0.4) is 0 Å². The summed E-state index contributed by atoms with van der Waals surface area (Å²) in [4.78, 5) is 16.0. The largest absolute Gasteiger partial charge is 0.467 e. The van der Waals surface area contributed by atoms with E-state index in [1.807, 2.05) is 42.7 Å². The summed E-state index contributed by atoms with van der Waals surface area (Å²) >= 11 is 1.52. The Hall–Kier alpha value is -3.28. The minimum atomic E-state index is -3.47. The summed E-state index contributed by atoms with van der Waals surface area (Å²) in [6, 6.07) is 13.4. The number of piperidine rings is 1. The van der Waals surface area contributed by atoms with Gasteiger partial charge in [-0.1, -0.05) is 42.9 Å². The van der Waals surface area contributed by atoms with Crippen LogP contribution in [0, 0.1) is 0 Å². The van der Waals surface area contributed by atoms with E-state index < -0.39 is 10.0 Å². The fourth-order valence-electron chi connectivity index (χ4n) is 4.78. The third-order valence-corrected chi connectivity index (χ3v) is 9.16. The minimum Gasteiger partial charge on any atom is -0.467 e. The Bertz CT molecular complexity index is 1520. The predicted molar refractivity (Wildman–Crippen MR) is 161 cm³/mol. The maximum absolute atomic E-state index is 12.4. The van der Waals surface area contributed by atoms with Crippen LogP contribution in [0.2, 0.25) is 0 Å². The fraction of sp³-hybridized carbons (Fsp3) is 0.414. The molecule has 2 aromatic carbocycles. The summed E-state index contributed by atoms with van der Waals surface area (Å²) in [5.41, 5.74) is 4.45. The lowest BCUT2D eigenvalue weighted by Gasteiger charge is -2.31. The van der Waals surface area contributed by atoms with Crippen LogP contribution >= 0.6 is 11.3 Å². The number of aromatic nitrogens is 3. The highest BCUT2D eigenvalue weighted by Gasteiger charge is 2.23. The molecule has 1 aliphatic heterocycles. The molecule has 9 nitrogen and oxygen atoms in total. The molecule has 40 heavy (non-hydrogen) atoms. The number of nitrogens with one attached hydrogen (secondary N) is 1. The summed E-state index contributed by atoms with van der Waals surface area (Å²) in [5, 5.41) is 9.57. The Balaban J connectivity index is 1.20. The van der Waals surface area contributed by atoms with Crippen molar-refractivity contribution in [2.75, 3.05) is 35.1 Å². The van der Waals surface area contributed by atoms with Crippen LogP contribution in [0.5, 0.6) is 5.19 Å². The fourth-order valence-corrected chi connectivity index (χ4v) is 6.87. The van der Waals surface area contributed by atoms with E-state index in [0.29, 0.717) is 23.7 Å². The highest BCUT2D eigenvalue weighted by atomic mass is 32.2. The second kappa shape index (κ2) is 12.9. The number of aliphatic hydroxyl groups is 1. The lowest BCUT2D eigenvalue weighted by Crippen LogP contribution is -2.39. The van der Waals surface area contributed by atoms with E-state index in [1.165, 1.54) is 16.9 Å². The summed E-state index contributed by atoms with van der Waals surface area (Å²) in [6.45, 7) is 3.82. The number of ether oxygens (including phenoxy) is 1. The number of aryl methyl sites for hydroxylation is 1. The minimum absolute atomic E-state index is 0.0132. The Kier molecular flexibility index (Phi) is 9.13. The maximum atomic E-state index is 12.4. The van der Waals surface area contributed by atoms with Gasteiger partial charge in [-0.3, -0.25) is 4.72 Å². The third-order valence-electron chi connectivity index (χ3n) is 6.88. The Morgan fingerprint density at radius 1 is 1.07 bits per heavy atom. The van der Waals surface area contributed by atoms with Crippen molar-refractivity contribution in [2.24, 2.45) is 0 Å². The zero-order valence-electron chi connectivity index (χ0n) is 22.6. The second-order valence-corrected chi connectivity index (χ2v) is 12.9. The molecular weight excluding hydrogens is 546 g/mol. The molecule has 1 aliphatic rings. The number of nitrogens with zero attached hydrogens (tertiary/aromatic N) is 4. The lowest BCUT2D eigenvalue weighted by atomic mass is 10.1. The van der Waals surface area contributed by atoms with Gasteiger partial charge in [-0.05, 0) is 60.2 Å². The molecule has 0 atom stereocenters. The SMILES string of the molecule is CCCc1cnc(N2CCC(Oc3nc4ccc(-c5cccc(NS(=O)(=O)CCCCO)c5)cc4s3)CC2)nc1. The molecule has 212 valence electrons. The molecule has 0 amide bonds. The number of rotatable bonds is 12. The van der Waals surface area contributed by atoms with Crippen molar-refractivity contribution in [3.8, 4) is 16.3 Å². The molecule has 0 unspecified atom stereocenters. The van der Waals surface area contributed by atoms with Crippen LogP contribution in [-0.2, 0) is 16.4 Å². The Labute approximate surface area is 239 Å². The number of fused-ring (bicyclic) bond motifs is 1. The quantitative estimate of drug-likeness (QED) is 0.217. The van der Waals surface area contributed by atoms with E-state index in [4.69, 9.17) is 14.8 Å². The summed E-state index contributed by atoms with van der Waals surface area (Å²) < 4.78 is 34.7. The summed E-state index contributed by atoms with van der Waals surface area (Å²) in [7, 11) is -3.47. The molecule has 2 aromatic heterocycles. The third kappa shape index (κ3) is 7.26. The molecule has 5 rings (SSSR count). The van der Waals surface area contributed by atoms with Gasteiger partial charge >= 0.3 is 0 Å². The van der Waals surface area contributed by atoms with Crippen LogP contribution in [0.15, 0.2) is 54.9 Å². The van der Waals surface area contributed by atoms with Crippen molar-refractivity contribution >= 4 is 43.2 Å². The number of anilines is 2. The number of hydrogen-bond acceptors (Lipinski definition) is 9. The molecule has 11 heteroatoms. The van der Waals surface area contributed by atoms with Crippen LogP contribution in [0.25, 0.3) is 21.3 Å². The molecule has 0 saturated carbocycles. The van der Waals surface area contributed by atoms with Crippen molar-refractivity contribution in [2.45, 2.75) is 51.6 Å². The maximum Gasteiger partial charge on any atom is 0.274 e. The first kappa shape index (κ1) is 28.3. The van der Waals surface area contributed by atoms with Crippen LogP contribution in [0.4, 0.5) is 11.6 Å². The van der Waals surface area contributed by atoms with Crippen molar-refractivity contribution < 1.29 is 18.3 Å². The predicted octanol–water partition coefficient (Wildman–Crippen LogP) is 5.27. The van der Waals surface area contributed by atoms with E-state index in [0.717, 1.165) is 66.1 Å². The van der Waals surface area contributed by atoms with Crippen molar-refractivity contribution in [3.63, 3.8) is 0 Å². The highest BCUT2D eigenvalue weighted by Crippen LogP contribution is 2.34. The van der Waals surface area contributed by atoms with E-state index in [9.17, 15) is 8.42 Å². The molecule has 1 fully saturated rings. The van der Waals surface area contributed by atoms with Crippen LogP contribution in [-0.4, -0.2) is 60.0 Å². The summed E-state index contributed by atoms with van der Waals surface area (Å²) in [6.07, 6.45) is 8.68. The van der Waals surface area contributed by atoms with Crippen molar-refractivity contribution in [1.29, 1.82) is 0 Å². The van der Waals surface area contributed by atoms with Gasteiger partial charge in [-0.25, -0.2) is 23.4 Å². The first-order valence-corrected chi connectivity index (χ1v) is 16.2. The van der Waals surface area contributed by atoms with E-state index in [2.05, 4.69) is 32.6 Å². The van der Waals surface area contributed by atoms with Gasteiger partial charge in [0.05, 0.1) is 16.0 Å². The van der Waals surface area contributed by atoms with Crippen molar-refractivity contribution in [3.05, 3.63) is 60.4 Å². The van der Waals surface area contributed by atoms with Gasteiger partial charge in [0.25, 0.3) is 5.19 Å². The van der Waals surface area contributed by atoms with E-state index in [-0.39, 0.29) is 18.5 Å². The Morgan fingerprint density at radius 3 is 2.60 bits per heavy atom. The average Bonchev–Trinajstić information content (AvgIpc) is 3.35. The van der Waals surface area contributed by atoms with Gasteiger partial charge in [0, 0.05) is 50.6 Å². The van der Waals surface area contributed by atoms with Crippen molar-refractivity contribution in [1.82, 2.24) is 15.0 Å². The molecule has 2 N–H and O–H groups in total. The summed E-state index contributed by atoms with van der Waals surface area (Å²) in [5.74, 6) is 0.760. The molecular formula is C29H35N5O4S2. The van der Waals surface area contributed by atoms with Gasteiger partial charge in [-0.2, -0.15) is 0 Å². The van der Waals surface area contributed by atoms with E-state index in [1.54, 1.807) is 6.07 Å². The molecule has 4 aromatic rings. The number of unbranched alkanes of at least 4 members (excludes halogenated alkanes) is 1. The number of hydrogen-bond donors (Lipinski definition) is 2. The number of thiazole rings is 1. The lowest BCUT2D eigenvalue weighted by molar-refractivity contribution is 0.170. The molecule has 0 aliphatic carbocycles. The smallest absolute Gasteiger partial charge is 0.274 e. The van der Waals surface area contributed by atoms with E-state index >= 15 is 0 Å². The topological polar surface area (TPSA) is 118 Å². The number of aliphatic hydroxyl groups excluding tert-OH is 1. The Morgan fingerprint density at radius 2 is 1.85 bits per heavy atom. The zero-order chi connectivity index (χ0) is 28.0. The van der Waals surface area contributed by atoms with Gasteiger partial charge in [0.2, 0.25) is 16.0 Å². The monoisotopic (exact) mass is 581 g/mol. The molecule has 0 bridgehead atoms. The first-order valence-electron chi connectivity index (χ1n) is 13.8. The first-order chi connectivity index (χ1) is 19.4. The molecule has 0 spiro atoms. The molecule has 1 saturated heterocycles. The average molecular weight is 582 g/mol. The number of sulfonamides is 1. The molecule has 3 heterocycles. The van der Waals surface area contributed by atoms with Gasteiger partial charge in [0.1, 0.15) is 6.10 Å². The standard InChI is InChI=1S/C29H35N5O4S2/c1-2-6-21-19-30-28(31-20-21)34-13-11-25(12-14-34)38-29-32-26-10-9-23(18-27(26)39-29)22-7-5-8-24(17-22)33-40(36,37)16-4-3-15-35/h5,7-10,17-20,25,33,35H,2-4,6,11-16H2,1H3. The normalized spacial score (nSPS) is 14.5. The second-order valence-electron chi connectivity index (χ2n) is 10.0. The van der Waals surface area contributed by atoms with Gasteiger partial charge in [0.15, 0.2) is 0 Å². The number of benzene rings is 2. The van der Waals surface area contributed by atoms with Gasteiger partial charge in [-0.15, -0.1) is 0 Å². The van der Waals surface area contributed by atoms with Crippen LogP contribution < -0.4 is 14.4 Å². The zero-order valence-corrected chi connectivity index (χ0v) is 24.3. The highest BCUT2D eigenvalue weighted by molar-refractivity contribution is 7.92. The molecule has 0 radical (unpaired) electrons. The van der Waals surface area contributed by atoms with Gasteiger partial charge < -0.3 is 14.7 Å².